The first-order valence-electron chi connectivity index (χ1n) is 14.5. The van der Waals surface area contributed by atoms with Gasteiger partial charge in [0.1, 0.15) is 24.7 Å². The molecule has 0 bridgehead atoms. The van der Waals surface area contributed by atoms with E-state index in [1.807, 2.05) is 30.3 Å². The van der Waals surface area contributed by atoms with Gasteiger partial charge in [-0.25, -0.2) is 9.59 Å². The molecule has 2 rings (SSSR count). The Hall–Kier alpha value is -5.01. The molecule has 1 heterocycles. The predicted molar refractivity (Wildman–Crippen MR) is 160 cm³/mol. The van der Waals surface area contributed by atoms with Gasteiger partial charge in [0.15, 0.2) is 0 Å². The molecule has 0 aromatic heterocycles. The zero-order valence-corrected chi connectivity index (χ0v) is 25.0. The Morgan fingerprint density at radius 3 is 2.43 bits per heavy atom. The molecule has 1 aromatic carbocycles. The van der Waals surface area contributed by atoms with Crippen LogP contribution in [0.1, 0.15) is 50.5 Å². The number of benzene rings is 1. The molecule has 0 radical (unpaired) electrons. The summed E-state index contributed by atoms with van der Waals surface area (Å²) in [7, 11) is 0. The van der Waals surface area contributed by atoms with Crippen molar-refractivity contribution in [1.82, 2.24) is 37.3 Å². The van der Waals surface area contributed by atoms with Crippen LogP contribution in [0, 0.1) is 5.21 Å². The summed E-state index contributed by atoms with van der Waals surface area (Å²) < 4.78 is 5.14. The molecule has 3 atom stereocenters. The third kappa shape index (κ3) is 15.1. The molecule has 1 fully saturated rings. The number of alkyl carbamates (subject to hydrolysis) is 1. The van der Waals surface area contributed by atoms with Crippen molar-refractivity contribution in [2.75, 3.05) is 19.6 Å². The molecule has 19 nitrogen and oxygen atoms in total. The topological polar surface area (TPSA) is 289 Å². The van der Waals surface area contributed by atoms with Crippen LogP contribution < -0.4 is 37.7 Å². The Morgan fingerprint density at radius 1 is 1.07 bits per heavy atom. The lowest BCUT2D eigenvalue weighted by molar-refractivity contribution is -0.142. The zero-order valence-electron chi connectivity index (χ0n) is 25.0. The number of guanidine groups is 1. The number of hydrazine groups is 1. The third-order valence-corrected chi connectivity index (χ3v) is 6.55. The van der Waals surface area contributed by atoms with Gasteiger partial charge in [0.25, 0.3) is 0 Å². The molecule has 1 aliphatic heterocycles. The lowest BCUT2D eigenvalue weighted by Gasteiger charge is -2.22. The van der Waals surface area contributed by atoms with Crippen LogP contribution >= 0.6 is 0 Å². The highest BCUT2D eigenvalue weighted by Crippen LogP contribution is 2.07. The minimum Gasteiger partial charge on any atom is -0.744 e. The first-order valence-corrected chi connectivity index (χ1v) is 14.5. The van der Waals surface area contributed by atoms with Gasteiger partial charge in [0.2, 0.25) is 29.6 Å². The van der Waals surface area contributed by atoms with E-state index < -0.39 is 65.7 Å². The summed E-state index contributed by atoms with van der Waals surface area (Å²) in [6.45, 7) is -0.230. The number of amides is 5. The van der Waals surface area contributed by atoms with Gasteiger partial charge in [-0.2, -0.15) is 5.34 Å². The summed E-state index contributed by atoms with van der Waals surface area (Å²) in [5.41, 5.74) is 7.94. The number of carbonyl (C=O) groups excluding carboxylic acids is 5. The van der Waals surface area contributed by atoms with Gasteiger partial charge in [-0.15, -0.1) is 0 Å². The third-order valence-electron chi connectivity index (χ3n) is 6.55. The van der Waals surface area contributed by atoms with Gasteiger partial charge in [0, 0.05) is 19.5 Å². The van der Waals surface area contributed by atoms with Crippen LogP contribution in [-0.4, -0.2) is 95.1 Å². The lowest BCUT2D eigenvalue weighted by atomic mass is 10.1. The van der Waals surface area contributed by atoms with Gasteiger partial charge < -0.3 is 52.6 Å². The number of hydrogen-bond acceptors (Lipinski definition) is 11. The molecule has 1 aromatic rings. The number of ether oxygens (including phenoxy) is 1. The molecule has 46 heavy (non-hydrogen) atoms. The number of nitrogens with one attached hydrogen (secondary N) is 6. The van der Waals surface area contributed by atoms with E-state index in [1.165, 1.54) is 0 Å². The van der Waals surface area contributed by atoms with Crippen molar-refractivity contribution in [3.63, 3.8) is 0 Å². The van der Waals surface area contributed by atoms with Crippen molar-refractivity contribution in [3.8, 4) is 0 Å². The maximum Gasteiger partial charge on any atom is 0.407 e. The molecular formula is C27H40N9O10-. The fourth-order valence-electron chi connectivity index (χ4n) is 4.21. The van der Waals surface area contributed by atoms with Crippen molar-refractivity contribution in [2.24, 2.45) is 10.7 Å². The first kappa shape index (κ1) is 37.2. The second kappa shape index (κ2) is 20.1. The average Bonchev–Trinajstić information content (AvgIpc) is 3.45. The molecule has 10 N–H and O–H groups in total. The number of rotatable bonds is 19. The van der Waals surface area contributed by atoms with Crippen molar-refractivity contribution in [1.29, 1.82) is 0 Å². The minimum atomic E-state index is -1.36. The molecule has 0 spiro atoms. The van der Waals surface area contributed by atoms with Gasteiger partial charge >= 0.3 is 12.1 Å². The van der Waals surface area contributed by atoms with E-state index in [1.54, 1.807) is 5.43 Å². The standard InChI is InChI=1S/C27H40N9O10/c28-26(35-36(44)45)29-14-6-10-20(25(41)42)34-24(40)18(33-22(38)15-31-23(39)19-11-12-21(37)32-19)9-4-5-13-30-27(43)46-16-17-7-2-1-3-8-17/h1-3,7-8,18-20,44H,4-6,9-16H2,(H,30,43)(H,31,39)(H,32,37)(H,33,38)(H,34,40)(H,41,42)(H3,28,29,35)/q-1. The molecule has 0 saturated carbocycles. The predicted octanol–water partition coefficient (Wildman–Crippen LogP) is -1.68. The van der Waals surface area contributed by atoms with Crippen LogP contribution in [0.4, 0.5) is 4.79 Å². The van der Waals surface area contributed by atoms with Crippen molar-refractivity contribution >= 4 is 41.7 Å². The maximum atomic E-state index is 13.1. The van der Waals surface area contributed by atoms with Crippen LogP contribution in [0.25, 0.3) is 0 Å². The Morgan fingerprint density at radius 2 is 1.78 bits per heavy atom. The number of carboxylic acid groups (broad SMARTS) is 1. The Balaban J connectivity index is 1.89. The summed E-state index contributed by atoms with van der Waals surface area (Å²) in [5, 5.41) is 40.3. The van der Waals surface area contributed by atoms with Crippen LogP contribution in [-0.2, 0) is 35.3 Å². The summed E-state index contributed by atoms with van der Waals surface area (Å²) in [6, 6.07) is 5.77. The fourth-order valence-corrected chi connectivity index (χ4v) is 4.21. The number of nitrogens with zero attached hydrogens (tertiary/aromatic N) is 2. The molecule has 254 valence electrons. The first-order chi connectivity index (χ1) is 21.9. The Bertz CT molecular complexity index is 1220. The Labute approximate surface area is 264 Å². The van der Waals surface area contributed by atoms with Gasteiger partial charge in [-0.1, -0.05) is 30.3 Å². The number of hydrogen-bond donors (Lipinski definition) is 9. The second-order valence-electron chi connectivity index (χ2n) is 10.2. The van der Waals surface area contributed by atoms with E-state index >= 15 is 0 Å². The van der Waals surface area contributed by atoms with E-state index in [2.05, 4.69) is 31.6 Å². The maximum absolute atomic E-state index is 13.1. The molecular weight excluding hydrogens is 610 g/mol. The SMILES string of the molecule is NC(=NCCCC(NC(=O)C(CCCCNC(=O)OCc1ccccc1)NC(=O)CNC(=O)C1CCC(=O)N1)C(=O)O)NN([O-])O. The van der Waals surface area contributed by atoms with E-state index in [9.17, 15) is 39.1 Å². The number of nitrogens with two attached hydrogens (primary N) is 1. The number of aliphatic carboxylic acids is 1. The monoisotopic (exact) mass is 650 g/mol. The lowest BCUT2D eigenvalue weighted by Crippen LogP contribution is -2.53. The number of carboxylic acids is 1. The van der Waals surface area contributed by atoms with Crippen LogP contribution in [0.5, 0.6) is 0 Å². The molecule has 1 aliphatic rings. The molecule has 19 heteroatoms. The van der Waals surface area contributed by atoms with Gasteiger partial charge in [0.05, 0.1) is 6.54 Å². The zero-order chi connectivity index (χ0) is 33.9. The van der Waals surface area contributed by atoms with Crippen LogP contribution in [0.2, 0.25) is 0 Å². The van der Waals surface area contributed by atoms with E-state index in [-0.39, 0.29) is 57.7 Å². The van der Waals surface area contributed by atoms with Crippen LogP contribution in [0.15, 0.2) is 35.3 Å². The summed E-state index contributed by atoms with van der Waals surface area (Å²) in [5.74, 6) is -4.10. The van der Waals surface area contributed by atoms with Crippen molar-refractivity contribution < 1.29 is 43.8 Å². The number of aliphatic imine (C=N–C) groups is 1. The van der Waals surface area contributed by atoms with Gasteiger partial charge in [-0.05, 0) is 44.1 Å². The Kier molecular flexibility index (Phi) is 16.2. The fraction of sp³-hybridized carbons (Fsp3) is 0.519. The molecule has 3 unspecified atom stereocenters. The van der Waals surface area contributed by atoms with E-state index in [0.717, 1.165) is 5.56 Å². The highest BCUT2D eigenvalue weighted by atomic mass is 16.8. The second-order valence-corrected chi connectivity index (χ2v) is 10.2. The quantitative estimate of drug-likeness (QED) is 0.0350. The van der Waals surface area contributed by atoms with Gasteiger partial charge in [-0.3, -0.25) is 29.6 Å². The smallest absolute Gasteiger partial charge is 0.407 e. The normalized spacial score (nSPS) is 15.7. The summed E-state index contributed by atoms with van der Waals surface area (Å²) in [6.07, 6.45) is 0.669. The molecule has 1 saturated heterocycles. The van der Waals surface area contributed by atoms with E-state index in [4.69, 9.17) is 15.7 Å². The summed E-state index contributed by atoms with van der Waals surface area (Å²) >= 11 is 0. The summed E-state index contributed by atoms with van der Waals surface area (Å²) in [4.78, 5) is 76.8. The van der Waals surface area contributed by atoms with Crippen molar-refractivity contribution in [2.45, 2.75) is 69.7 Å². The largest absolute Gasteiger partial charge is 0.744 e. The average molecular weight is 651 g/mol. The molecule has 0 aliphatic carbocycles. The number of carbonyl (C=O) groups is 6. The highest BCUT2D eigenvalue weighted by molar-refractivity contribution is 5.94. The number of unbranched alkanes of at least 4 members (excludes halogenated alkanes) is 1. The molecule has 5 amide bonds. The van der Waals surface area contributed by atoms with Crippen LogP contribution in [0.3, 0.4) is 0 Å². The van der Waals surface area contributed by atoms with E-state index in [0.29, 0.717) is 12.8 Å². The minimum absolute atomic E-state index is 0.0333. The highest BCUT2D eigenvalue weighted by Gasteiger charge is 2.29. The van der Waals surface area contributed by atoms with Crippen molar-refractivity contribution in [3.05, 3.63) is 41.1 Å².